The Bertz CT molecular complexity index is 253. The molecule has 1 amide bonds. The van der Waals surface area contributed by atoms with Crippen molar-refractivity contribution >= 4 is 5.91 Å². The molecule has 1 fully saturated rings. The molecular weight excluding hydrogens is 204 g/mol. The van der Waals surface area contributed by atoms with E-state index in [0.717, 1.165) is 12.8 Å². The van der Waals surface area contributed by atoms with Crippen LogP contribution in [-0.4, -0.2) is 46.7 Å². The predicted octanol–water partition coefficient (Wildman–Crippen LogP) is 0.746. The van der Waals surface area contributed by atoms with Crippen LogP contribution < -0.4 is 5.32 Å². The van der Waals surface area contributed by atoms with E-state index < -0.39 is 6.04 Å². The Kier molecular flexibility index (Phi) is 4.33. The second kappa shape index (κ2) is 5.15. The SMILES string of the molecule is CCC(C)N1C(CO)C(=O)NCCC1(C)C. The summed E-state index contributed by atoms with van der Waals surface area (Å²) in [5.74, 6) is -0.0478. The summed E-state index contributed by atoms with van der Waals surface area (Å²) in [6.07, 6.45) is 1.90. The Balaban J connectivity index is 3.02. The Morgan fingerprint density at radius 1 is 1.62 bits per heavy atom. The number of nitrogens with zero attached hydrogens (tertiary/aromatic N) is 1. The lowest BCUT2D eigenvalue weighted by molar-refractivity contribution is -0.130. The van der Waals surface area contributed by atoms with Gasteiger partial charge < -0.3 is 10.4 Å². The predicted molar refractivity (Wildman–Crippen MR) is 64.2 cm³/mol. The van der Waals surface area contributed by atoms with Crippen molar-refractivity contribution in [2.24, 2.45) is 0 Å². The lowest BCUT2D eigenvalue weighted by atomic mass is 9.94. The van der Waals surface area contributed by atoms with E-state index in [4.69, 9.17) is 0 Å². The molecule has 0 spiro atoms. The summed E-state index contributed by atoms with van der Waals surface area (Å²) in [5.41, 5.74) is -0.0536. The van der Waals surface area contributed by atoms with Crippen molar-refractivity contribution in [2.75, 3.05) is 13.2 Å². The Morgan fingerprint density at radius 2 is 2.25 bits per heavy atom. The van der Waals surface area contributed by atoms with Crippen LogP contribution in [0, 0.1) is 0 Å². The largest absolute Gasteiger partial charge is 0.394 e. The van der Waals surface area contributed by atoms with Crippen LogP contribution in [0.25, 0.3) is 0 Å². The third-order valence-corrected chi connectivity index (χ3v) is 3.61. The van der Waals surface area contributed by atoms with E-state index in [9.17, 15) is 9.90 Å². The molecule has 4 nitrogen and oxygen atoms in total. The molecule has 0 bridgehead atoms. The summed E-state index contributed by atoms with van der Waals surface area (Å²) in [4.78, 5) is 14.0. The van der Waals surface area contributed by atoms with Crippen LogP contribution in [0.3, 0.4) is 0 Å². The lowest BCUT2D eigenvalue weighted by Gasteiger charge is -2.44. The molecule has 1 heterocycles. The van der Waals surface area contributed by atoms with Gasteiger partial charge in [0.2, 0.25) is 5.91 Å². The molecule has 0 aromatic heterocycles. The van der Waals surface area contributed by atoms with Gasteiger partial charge in [-0.3, -0.25) is 9.69 Å². The first kappa shape index (κ1) is 13.5. The summed E-state index contributed by atoms with van der Waals surface area (Å²) in [6, 6.07) is -0.108. The number of hydrogen-bond acceptors (Lipinski definition) is 3. The van der Waals surface area contributed by atoms with E-state index in [-0.39, 0.29) is 18.1 Å². The number of carbonyl (C=O) groups excluding carboxylic acids is 1. The van der Waals surface area contributed by atoms with Crippen molar-refractivity contribution in [2.45, 2.75) is 58.2 Å². The Hall–Kier alpha value is -0.610. The number of amides is 1. The molecule has 1 rings (SSSR count). The van der Waals surface area contributed by atoms with Gasteiger partial charge in [-0.05, 0) is 33.6 Å². The van der Waals surface area contributed by atoms with Crippen molar-refractivity contribution in [3.8, 4) is 0 Å². The number of carbonyl (C=O) groups is 1. The van der Waals surface area contributed by atoms with Crippen molar-refractivity contribution in [1.82, 2.24) is 10.2 Å². The first-order valence-electron chi connectivity index (χ1n) is 6.11. The molecule has 0 radical (unpaired) electrons. The maximum Gasteiger partial charge on any atom is 0.239 e. The van der Waals surface area contributed by atoms with E-state index in [1.54, 1.807) is 0 Å². The van der Waals surface area contributed by atoms with Gasteiger partial charge in [-0.1, -0.05) is 6.92 Å². The number of aliphatic hydroxyl groups is 1. The van der Waals surface area contributed by atoms with Crippen LogP contribution >= 0.6 is 0 Å². The third kappa shape index (κ3) is 2.55. The van der Waals surface area contributed by atoms with Gasteiger partial charge in [0.15, 0.2) is 0 Å². The smallest absolute Gasteiger partial charge is 0.239 e. The molecule has 0 aromatic carbocycles. The van der Waals surface area contributed by atoms with Crippen molar-refractivity contribution < 1.29 is 9.90 Å². The molecule has 1 saturated heterocycles. The number of aliphatic hydroxyl groups excluding tert-OH is 1. The van der Waals surface area contributed by atoms with Gasteiger partial charge in [0, 0.05) is 18.1 Å². The minimum absolute atomic E-state index is 0.0478. The molecule has 2 N–H and O–H groups in total. The van der Waals surface area contributed by atoms with Crippen molar-refractivity contribution in [3.63, 3.8) is 0 Å². The molecule has 4 heteroatoms. The molecule has 94 valence electrons. The summed E-state index contributed by atoms with van der Waals surface area (Å²) in [7, 11) is 0. The number of nitrogens with one attached hydrogen (secondary N) is 1. The first-order valence-corrected chi connectivity index (χ1v) is 6.11. The molecule has 0 aromatic rings. The van der Waals surface area contributed by atoms with Crippen LogP contribution in [0.2, 0.25) is 0 Å². The molecule has 2 atom stereocenters. The summed E-state index contributed by atoms with van der Waals surface area (Å²) < 4.78 is 0. The fourth-order valence-electron chi connectivity index (χ4n) is 2.56. The van der Waals surface area contributed by atoms with Crippen LogP contribution in [0.5, 0.6) is 0 Å². The quantitative estimate of drug-likeness (QED) is 0.749. The molecule has 1 aliphatic rings. The van der Waals surface area contributed by atoms with Gasteiger partial charge in [0.25, 0.3) is 0 Å². The highest BCUT2D eigenvalue weighted by Gasteiger charge is 2.40. The molecule has 16 heavy (non-hydrogen) atoms. The topological polar surface area (TPSA) is 52.6 Å². The first-order chi connectivity index (χ1) is 7.44. The van der Waals surface area contributed by atoms with Gasteiger partial charge in [-0.15, -0.1) is 0 Å². The zero-order valence-electron chi connectivity index (χ0n) is 10.8. The lowest BCUT2D eigenvalue weighted by Crippen LogP contribution is -2.57. The van der Waals surface area contributed by atoms with E-state index in [2.05, 4.69) is 37.9 Å². The van der Waals surface area contributed by atoms with Gasteiger partial charge in [-0.2, -0.15) is 0 Å². The maximum atomic E-state index is 11.9. The monoisotopic (exact) mass is 228 g/mol. The van der Waals surface area contributed by atoms with Crippen LogP contribution in [0.4, 0.5) is 0 Å². The molecule has 2 unspecified atom stereocenters. The van der Waals surface area contributed by atoms with Crippen LogP contribution in [0.1, 0.15) is 40.5 Å². The minimum atomic E-state index is -0.410. The van der Waals surface area contributed by atoms with E-state index in [1.165, 1.54) is 0 Å². The van der Waals surface area contributed by atoms with E-state index in [0.29, 0.717) is 12.6 Å². The Morgan fingerprint density at radius 3 is 2.75 bits per heavy atom. The van der Waals surface area contributed by atoms with Gasteiger partial charge in [0.1, 0.15) is 6.04 Å². The van der Waals surface area contributed by atoms with Crippen LogP contribution in [-0.2, 0) is 4.79 Å². The summed E-state index contributed by atoms with van der Waals surface area (Å²) in [5, 5.41) is 12.3. The van der Waals surface area contributed by atoms with Crippen LogP contribution in [0.15, 0.2) is 0 Å². The second-order valence-corrected chi connectivity index (χ2v) is 5.22. The standard InChI is InChI=1S/C12H24N2O2/c1-5-9(2)14-10(8-15)11(16)13-7-6-12(14,3)4/h9-10,15H,5-8H2,1-4H3,(H,13,16). The average Bonchev–Trinajstić information content (AvgIpc) is 2.33. The van der Waals surface area contributed by atoms with E-state index >= 15 is 0 Å². The molecule has 0 saturated carbocycles. The zero-order valence-corrected chi connectivity index (χ0v) is 10.8. The number of hydrogen-bond donors (Lipinski definition) is 2. The molecule has 1 aliphatic heterocycles. The third-order valence-electron chi connectivity index (χ3n) is 3.61. The second-order valence-electron chi connectivity index (χ2n) is 5.22. The Labute approximate surface area is 98.0 Å². The fourth-order valence-corrected chi connectivity index (χ4v) is 2.56. The normalized spacial score (nSPS) is 28.3. The van der Waals surface area contributed by atoms with Gasteiger partial charge in [0.05, 0.1) is 6.61 Å². The van der Waals surface area contributed by atoms with Gasteiger partial charge >= 0.3 is 0 Å². The fraction of sp³-hybridized carbons (Fsp3) is 0.917. The minimum Gasteiger partial charge on any atom is -0.394 e. The average molecular weight is 228 g/mol. The van der Waals surface area contributed by atoms with Gasteiger partial charge in [-0.25, -0.2) is 0 Å². The summed E-state index contributed by atoms with van der Waals surface area (Å²) >= 11 is 0. The summed E-state index contributed by atoms with van der Waals surface area (Å²) in [6.45, 7) is 9.08. The van der Waals surface area contributed by atoms with Crippen molar-refractivity contribution in [1.29, 1.82) is 0 Å². The molecule has 0 aliphatic carbocycles. The zero-order chi connectivity index (χ0) is 12.3. The van der Waals surface area contributed by atoms with E-state index in [1.807, 2.05) is 0 Å². The highest BCUT2D eigenvalue weighted by Crippen LogP contribution is 2.27. The number of rotatable bonds is 3. The highest BCUT2D eigenvalue weighted by molar-refractivity contribution is 5.82. The maximum absolute atomic E-state index is 11.9. The highest BCUT2D eigenvalue weighted by atomic mass is 16.3. The molecular formula is C12H24N2O2. The van der Waals surface area contributed by atoms with Crippen molar-refractivity contribution in [3.05, 3.63) is 0 Å².